The third-order valence-corrected chi connectivity index (χ3v) is 12.6. The number of fused-ring (bicyclic) bond motifs is 2. The Labute approximate surface area is 218 Å². The molecule has 6 fully saturated rings. The van der Waals surface area contributed by atoms with Crippen LogP contribution in [0.15, 0.2) is 0 Å². The zero-order valence-corrected chi connectivity index (χ0v) is 23.6. The van der Waals surface area contributed by atoms with Gasteiger partial charge in [0.15, 0.2) is 0 Å². The first-order valence-electron chi connectivity index (χ1n) is 16.7. The number of rotatable bonds is 4. The van der Waals surface area contributed by atoms with Gasteiger partial charge in [0, 0.05) is 36.3 Å². The Morgan fingerprint density at radius 2 is 1.00 bits per heavy atom. The van der Waals surface area contributed by atoms with Crippen LogP contribution in [0.25, 0.3) is 0 Å². The van der Waals surface area contributed by atoms with Gasteiger partial charge in [-0.15, -0.1) is 0 Å². The fourth-order valence-electron chi connectivity index (χ4n) is 11.0. The van der Waals surface area contributed by atoms with E-state index >= 15 is 0 Å². The van der Waals surface area contributed by atoms with Gasteiger partial charge in [-0.05, 0) is 87.9 Å². The standard InChI is InChI=1S/C33H58N2/c1-33(2)29-20-12-13-21-31(29)35(27-18-10-5-11-19-27)32-23-22-28(24-30(32)33)34(25-14-6-3-7-15-25)26-16-8-4-9-17-26/h25-32H,3-24H2,1-2H3. The Morgan fingerprint density at radius 1 is 0.486 bits per heavy atom. The van der Waals surface area contributed by atoms with Gasteiger partial charge in [-0.3, -0.25) is 9.80 Å². The van der Waals surface area contributed by atoms with Crippen LogP contribution in [-0.2, 0) is 0 Å². The Hall–Kier alpha value is -0.0800. The van der Waals surface area contributed by atoms with Crippen molar-refractivity contribution in [3.8, 4) is 0 Å². The molecule has 6 aliphatic rings. The molecule has 2 nitrogen and oxygen atoms in total. The zero-order valence-electron chi connectivity index (χ0n) is 23.6. The fraction of sp³-hybridized carbons (Fsp3) is 1.00. The van der Waals surface area contributed by atoms with E-state index in [1.54, 1.807) is 0 Å². The van der Waals surface area contributed by atoms with Gasteiger partial charge in [-0.1, -0.05) is 84.5 Å². The van der Waals surface area contributed by atoms with Gasteiger partial charge in [0.05, 0.1) is 0 Å². The molecule has 0 radical (unpaired) electrons. The van der Waals surface area contributed by atoms with Crippen molar-refractivity contribution in [3.05, 3.63) is 0 Å². The van der Waals surface area contributed by atoms with E-state index in [1.165, 1.54) is 141 Å². The fourth-order valence-corrected chi connectivity index (χ4v) is 11.0. The average molecular weight is 483 g/mol. The normalized spacial score (nSPS) is 40.4. The lowest BCUT2D eigenvalue weighted by Gasteiger charge is -2.65. The number of hydrogen-bond acceptors (Lipinski definition) is 2. The zero-order chi connectivity index (χ0) is 23.8. The summed E-state index contributed by atoms with van der Waals surface area (Å²) < 4.78 is 0. The molecule has 200 valence electrons. The lowest BCUT2D eigenvalue weighted by molar-refractivity contribution is -0.154. The summed E-state index contributed by atoms with van der Waals surface area (Å²) in [6.45, 7) is 5.50. The quantitative estimate of drug-likeness (QED) is 0.395. The Kier molecular flexibility index (Phi) is 7.89. The maximum Gasteiger partial charge on any atom is 0.0136 e. The number of nitrogens with zero attached hydrogens (tertiary/aromatic N) is 2. The molecule has 0 aromatic carbocycles. The molecule has 0 aromatic rings. The van der Waals surface area contributed by atoms with Crippen LogP contribution in [0.3, 0.4) is 0 Å². The maximum atomic E-state index is 3.26. The van der Waals surface area contributed by atoms with E-state index in [0.29, 0.717) is 5.41 Å². The molecule has 1 heterocycles. The van der Waals surface area contributed by atoms with E-state index in [-0.39, 0.29) is 0 Å². The summed E-state index contributed by atoms with van der Waals surface area (Å²) in [4.78, 5) is 6.50. The van der Waals surface area contributed by atoms with Crippen molar-refractivity contribution in [1.29, 1.82) is 0 Å². The van der Waals surface area contributed by atoms with E-state index in [2.05, 4.69) is 23.6 Å². The van der Waals surface area contributed by atoms with Crippen molar-refractivity contribution >= 4 is 0 Å². The minimum atomic E-state index is 0.532. The predicted molar refractivity (Wildman–Crippen MR) is 149 cm³/mol. The molecule has 2 heteroatoms. The van der Waals surface area contributed by atoms with Gasteiger partial charge < -0.3 is 0 Å². The summed E-state index contributed by atoms with van der Waals surface area (Å²) in [6, 6.07) is 5.43. The first-order valence-corrected chi connectivity index (χ1v) is 16.7. The molecule has 6 rings (SSSR count). The van der Waals surface area contributed by atoms with Crippen molar-refractivity contribution in [2.45, 2.75) is 191 Å². The van der Waals surface area contributed by atoms with Crippen LogP contribution in [-0.4, -0.2) is 46.1 Å². The third-order valence-electron chi connectivity index (χ3n) is 12.6. The number of piperidine rings is 1. The van der Waals surface area contributed by atoms with E-state index < -0.39 is 0 Å². The van der Waals surface area contributed by atoms with Crippen LogP contribution >= 0.6 is 0 Å². The first kappa shape index (κ1) is 25.2. The topological polar surface area (TPSA) is 6.48 Å². The van der Waals surface area contributed by atoms with Crippen LogP contribution in [0.1, 0.15) is 155 Å². The van der Waals surface area contributed by atoms with E-state index in [9.17, 15) is 0 Å². The van der Waals surface area contributed by atoms with E-state index in [1.807, 2.05) is 0 Å². The molecule has 1 aliphatic heterocycles. The highest BCUT2D eigenvalue weighted by atomic mass is 15.3. The summed E-state index contributed by atoms with van der Waals surface area (Å²) in [6.07, 6.45) is 33.1. The van der Waals surface area contributed by atoms with Gasteiger partial charge in [0.1, 0.15) is 0 Å². The molecule has 0 spiro atoms. The van der Waals surface area contributed by atoms with E-state index in [0.717, 1.165) is 48.1 Å². The van der Waals surface area contributed by atoms with Crippen LogP contribution in [0.5, 0.6) is 0 Å². The molecule has 0 amide bonds. The van der Waals surface area contributed by atoms with Gasteiger partial charge in [0.25, 0.3) is 0 Å². The smallest absolute Gasteiger partial charge is 0.0136 e. The minimum absolute atomic E-state index is 0.532. The molecule has 0 bridgehead atoms. The Morgan fingerprint density at radius 3 is 1.63 bits per heavy atom. The molecular weight excluding hydrogens is 424 g/mol. The largest absolute Gasteiger partial charge is 0.294 e. The van der Waals surface area contributed by atoms with Gasteiger partial charge in [0.2, 0.25) is 0 Å². The predicted octanol–water partition coefficient (Wildman–Crippen LogP) is 8.72. The van der Waals surface area contributed by atoms with Crippen LogP contribution in [0, 0.1) is 17.3 Å². The van der Waals surface area contributed by atoms with Crippen molar-refractivity contribution in [2.24, 2.45) is 17.3 Å². The van der Waals surface area contributed by atoms with Gasteiger partial charge in [-0.25, -0.2) is 0 Å². The van der Waals surface area contributed by atoms with Crippen LogP contribution < -0.4 is 0 Å². The number of likely N-dealkylation sites (tertiary alicyclic amines) is 1. The molecule has 5 unspecified atom stereocenters. The van der Waals surface area contributed by atoms with Crippen molar-refractivity contribution in [2.75, 3.05) is 0 Å². The molecule has 1 saturated heterocycles. The van der Waals surface area contributed by atoms with Crippen LogP contribution in [0.4, 0.5) is 0 Å². The minimum Gasteiger partial charge on any atom is -0.294 e. The second-order valence-electron chi connectivity index (χ2n) is 14.7. The lowest BCUT2D eigenvalue weighted by Crippen LogP contribution is -2.68. The molecular formula is C33H58N2. The van der Waals surface area contributed by atoms with Crippen LogP contribution in [0.2, 0.25) is 0 Å². The summed E-state index contributed by atoms with van der Waals surface area (Å²) in [5, 5.41) is 0. The summed E-state index contributed by atoms with van der Waals surface area (Å²) in [5.74, 6) is 1.88. The summed E-state index contributed by atoms with van der Waals surface area (Å²) in [5.41, 5.74) is 0.532. The molecule has 35 heavy (non-hydrogen) atoms. The Balaban J connectivity index is 1.28. The van der Waals surface area contributed by atoms with Gasteiger partial charge >= 0.3 is 0 Å². The molecule has 0 N–H and O–H groups in total. The van der Waals surface area contributed by atoms with E-state index in [4.69, 9.17) is 0 Å². The highest BCUT2D eigenvalue weighted by Gasteiger charge is 2.57. The highest BCUT2D eigenvalue weighted by molar-refractivity contribution is 5.09. The van der Waals surface area contributed by atoms with Gasteiger partial charge in [-0.2, -0.15) is 0 Å². The Bertz CT molecular complexity index is 651. The second kappa shape index (κ2) is 11.0. The lowest BCUT2D eigenvalue weighted by atomic mass is 9.53. The second-order valence-corrected chi connectivity index (χ2v) is 14.7. The van der Waals surface area contributed by atoms with Crippen molar-refractivity contribution < 1.29 is 0 Å². The summed E-state index contributed by atoms with van der Waals surface area (Å²) in [7, 11) is 0. The number of hydrogen-bond donors (Lipinski definition) is 0. The molecule has 5 saturated carbocycles. The monoisotopic (exact) mass is 482 g/mol. The van der Waals surface area contributed by atoms with Crippen molar-refractivity contribution in [1.82, 2.24) is 9.80 Å². The summed E-state index contributed by atoms with van der Waals surface area (Å²) >= 11 is 0. The third kappa shape index (κ3) is 4.91. The first-order chi connectivity index (χ1) is 17.1. The van der Waals surface area contributed by atoms with Crippen molar-refractivity contribution in [3.63, 3.8) is 0 Å². The average Bonchev–Trinajstić information content (AvgIpc) is 2.91. The highest BCUT2D eigenvalue weighted by Crippen LogP contribution is 2.57. The maximum absolute atomic E-state index is 3.26. The molecule has 5 aliphatic carbocycles. The molecule has 0 aromatic heterocycles. The SMILES string of the molecule is CC1(C)C2CCCCC2N(C2CCCCC2)C2CCC(N(C3CCCCC3)C3CCCCC3)CC21. The molecule has 5 atom stereocenters.